The predicted octanol–water partition coefficient (Wildman–Crippen LogP) is 1.93. The number of aryl methyl sites for hydroxylation is 1. The van der Waals surface area contributed by atoms with E-state index >= 15 is 0 Å². The minimum atomic E-state index is -0.465. The third-order valence-electron chi connectivity index (χ3n) is 4.69. The van der Waals surface area contributed by atoms with Crippen LogP contribution in [0.15, 0.2) is 47.7 Å². The van der Waals surface area contributed by atoms with Gasteiger partial charge in [-0.25, -0.2) is 14.6 Å². The van der Waals surface area contributed by atoms with Crippen molar-refractivity contribution in [3.63, 3.8) is 0 Å². The van der Waals surface area contributed by atoms with Crippen molar-refractivity contribution < 1.29 is 4.79 Å². The number of benzene rings is 1. The topological polar surface area (TPSA) is 106 Å². The number of rotatable bonds is 6. The lowest BCUT2D eigenvalue weighted by molar-refractivity contribution is 0.0926. The first-order valence-electron chi connectivity index (χ1n) is 9.00. The standard InChI is InChI=1S/C19H20N6O2/c1-2-25-17(21-11-22-25)15(12-8-9-12)23-18(26)14-10-20-16(24-19(14)27)13-6-4-3-5-7-13/h3-7,10-12,15H,2,8-9H2,1H3,(H,23,26)(H,20,24,27)/t15-/m0/s1. The first-order valence-corrected chi connectivity index (χ1v) is 9.00. The van der Waals surface area contributed by atoms with E-state index in [1.165, 1.54) is 12.5 Å². The fraction of sp³-hybridized carbons (Fsp3) is 0.316. The molecule has 1 amide bonds. The van der Waals surface area contributed by atoms with Crippen LogP contribution in [0.2, 0.25) is 0 Å². The smallest absolute Gasteiger partial charge is 0.264 e. The van der Waals surface area contributed by atoms with Crippen molar-refractivity contribution in [2.45, 2.75) is 32.4 Å². The Morgan fingerprint density at radius 2 is 2.07 bits per heavy atom. The van der Waals surface area contributed by atoms with Gasteiger partial charge in [-0.1, -0.05) is 30.3 Å². The summed E-state index contributed by atoms with van der Waals surface area (Å²) in [5.74, 6) is 1.02. The van der Waals surface area contributed by atoms with Crippen molar-refractivity contribution in [2.24, 2.45) is 5.92 Å². The van der Waals surface area contributed by atoms with Gasteiger partial charge in [0.2, 0.25) is 0 Å². The van der Waals surface area contributed by atoms with Crippen LogP contribution in [0.3, 0.4) is 0 Å². The summed E-state index contributed by atoms with van der Waals surface area (Å²) in [7, 11) is 0. The second kappa shape index (κ2) is 7.14. The van der Waals surface area contributed by atoms with Gasteiger partial charge in [-0.05, 0) is 25.7 Å². The van der Waals surface area contributed by atoms with Gasteiger partial charge in [0.05, 0.1) is 6.04 Å². The molecule has 0 aliphatic heterocycles. The summed E-state index contributed by atoms with van der Waals surface area (Å²) in [5, 5.41) is 7.13. The van der Waals surface area contributed by atoms with Gasteiger partial charge in [-0.2, -0.15) is 5.10 Å². The summed E-state index contributed by atoms with van der Waals surface area (Å²) in [6.07, 6.45) is 4.85. The van der Waals surface area contributed by atoms with E-state index in [1.54, 1.807) is 4.68 Å². The molecule has 2 N–H and O–H groups in total. The monoisotopic (exact) mass is 364 g/mol. The SMILES string of the molecule is CCn1ncnc1[C@@H](NC(=O)c1cnc(-c2ccccc2)[nH]c1=O)C1CC1. The van der Waals surface area contributed by atoms with Gasteiger partial charge in [0.25, 0.3) is 11.5 Å². The zero-order valence-electron chi connectivity index (χ0n) is 14.9. The molecule has 1 fully saturated rings. The number of H-pyrrole nitrogens is 1. The largest absolute Gasteiger partial charge is 0.342 e. The average molecular weight is 364 g/mol. The van der Waals surface area contributed by atoms with Crippen molar-refractivity contribution in [3.8, 4) is 11.4 Å². The van der Waals surface area contributed by atoms with Gasteiger partial charge >= 0.3 is 0 Å². The molecule has 27 heavy (non-hydrogen) atoms. The van der Waals surface area contributed by atoms with Crippen LogP contribution in [0, 0.1) is 5.92 Å². The Morgan fingerprint density at radius 3 is 2.74 bits per heavy atom. The van der Waals surface area contributed by atoms with Crippen LogP contribution in [0.1, 0.15) is 42.0 Å². The lowest BCUT2D eigenvalue weighted by Crippen LogP contribution is -2.35. The second-order valence-corrected chi connectivity index (χ2v) is 6.56. The van der Waals surface area contributed by atoms with E-state index < -0.39 is 11.5 Å². The molecule has 0 bridgehead atoms. The number of aromatic nitrogens is 5. The summed E-state index contributed by atoms with van der Waals surface area (Å²) < 4.78 is 1.77. The Kier molecular flexibility index (Phi) is 4.53. The Bertz CT molecular complexity index is 1010. The maximum absolute atomic E-state index is 12.7. The molecule has 1 atom stereocenters. The van der Waals surface area contributed by atoms with Gasteiger partial charge in [0.1, 0.15) is 23.5 Å². The number of nitrogens with zero attached hydrogens (tertiary/aromatic N) is 4. The molecule has 2 heterocycles. The number of hydrogen-bond acceptors (Lipinski definition) is 5. The van der Waals surface area contributed by atoms with E-state index in [4.69, 9.17) is 0 Å². The zero-order chi connectivity index (χ0) is 18.8. The summed E-state index contributed by atoms with van der Waals surface area (Å²) in [4.78, 5) is 36.4. The van der Waals surface area contributed by atoms with Gasteiger partial charge in [0, 0.05) is 18.3 Å². The maximum Gasteiger partial charge on any atom is 0.264 e. The number of hydrogen-bond donors (Lipinski definition) is 2. The molecule has 0 saturated heterocycles. The highest BCUT2D eigenvalue weighted by atomic mass is 16.2. The summed E-state index contributed by atoms with van der Waals surface area (Å²) in [6, 6.07) is 9.04. The Labute approximate surface area is 155 Å². The number of carbonyl (C=O) groups is 1. The van der Waals surface area contributed by atoms with E-state index in [-0.39, 0.29) is 11.6 Å². The molecule has 8 heteroatoms. The van der Waals surface area contributed by atoms with E-state index in [0.29, 0.717) is 18.3 Å². The van der Waals surface area contributed by atoms with Gasteiger partial charge in [-0.3, -0.25) is 9.59 Å². The van der Waals surface area contributed by atoms with Crippen molar-refractivity contribution >= 4 is 5.91 Å². The van der Waals surface area contributed by atoms with E-state index in [2.05, 4.69) is 25.4 Å². The number of carbonyl (C=O) groups excluding carboxylic acids is 1. The molecule has 3 aromatic rings. The minimum absolute atomic E-state index is 0.0112. The second-order valence-electron chi connectivity index (χ2n) is 6.56. The molecule has 0 unspecified atom stereocenters. The summed E-state index contributed by atoms with van der Waals surface area (Å²) in [5.41, 5.74) is 0.309. The molecule has 2 aromatic heterocycles. The number of aromatic amines is 1. The Morgan fingerprint density at radius 1 is 1.30 bits per heavy atom. The normalized spacial score (nSPS) is 14.7. The van der Waals surface area contributed by atoms with Crippen molar-refractivity contribution in [1.82, 2.24) is 30.0 Å². The van der Waals surface area contributed by atoms with Crippen LogP contribution < -0.4 is 10.9 Å². The Hall–Kier alpha value is -3.29. The van der Waals surface area contributed by atoms with Crippen LogP contribution in [-0.2, 0) is 6.54 Å². The van der Waals surface area contributed by atoms with Crippen molar-refractivity contribution in [1.29, 1.82) is 0 Å². The molecule has 1 aliphatic rings. The van der Waals surface area contributed by atoms with Gasteiger partial charge in [-0.15, -0.1) is 0 Å². The van der Waals surface area contributed by atoms with Gasteiger partial charge in [0.15, 0.2) is 0 Å². The fourth-order valence-corrected chi connectivity index (χ4v) is 3.10. The average Bonchev–Trinajstić information content (AvgIpc) is 3.43. The quantitative estimate of drug-likeness (QED) is 0.695. The number of amides is 1. The van der Waals surface area contributed by atoms with Crippen LogP contribution in [-0.4, -0.2) is 30.6 Å². The molecular formula is C19H20N6O2. The third-order valence-corrected chi connectivity index (χ3v) is 4.69. The minimum Gasteiger partial charge on any atom is -0.342 e. The van der Waals surface area contributed by atoms with Crippen LogP contribution in [0.25, 0.3) is 11.4 Å². The number of nitrogens with one attached hydrogen (secondary N) is 2. The molecule has 1 aliphatic carbocycles. The molecule has 1 aromatic carbocycles. The molecule has 138 valence electrons. The van der Waals surface area contributed by atoms with E-state index in [0.717, 1.165) is 24.2 Å². The Balaban J connectivity index is 1.58. The molecule has 0 radical (unpaired) electrons. The van der Waals surface area contributed by atoms with Crippen LogP contribution in [0.5, 0.6) is 0 Å². The summed E-state index contributed by atoms with van der Waals surface area (Å²) in [6.45, 7) is 2.64. The maximum atomic E-state index is 12.7. The molecule has 8 nitrogen and oxygen atoms in total. The lowest BCUT2D eigenvalue weighted by atomic mass is 10.1. The first-order chi connectivity index (χ1) is 13.2. The van der Waals surface area contributed by atoms with Gasteiger partial charge < -0.3 is 10.3 Å². The van der Waals surface area contributed by atoms with Crippen molar-refractivity contribution in [2.75, 3.05) is 0 Å². The fourth-order valence-electron chi connectivity index (χ4n) is 3.10. The van der Waals surface area contributed by atoms with E-state index in [1.807, 2.05) is 37.3 Å². The molecular weight excluding hydrogens is 344 g/mol. The zero-order valence-corrected chi connectivity index (χ0v) is 14.9. The first kappa shape index (κ1) is 17.1. The van der Waals surface area contributed by atoms with E-state index in [9.17, 15) is 9.59 Å². The third kappa shape index (κ3) is 3.51. The predicted molar refractivity (Wildman–Crippen MR) is 98.9 cm³/mol. The van der Waals surface area contributed by atoms with Crippen molar-refractivity contribution in [3.05, 3.63) is 64.6 Å². The molecule has 1 saturated carbocycles. The summed E-state index contributed by atoms with van der Waals surface area (Å²) >= 11 is 0. The van der Waals surface area contributed by atoms with Crippen LogP contribution >= 0.6 is 0 Å². The highest BCUT2D eigenvalue weighted by Gasteiger charge is 2.36. The highest BCUT2D eigenvalue weighted by Crippen LogP contribution is 2.40. The van der Waals surface area contributed by atoms with Crippen LogP contribution in [0.4, 0.5) is 0 Å². The highest BCUT2D eigenvalue weighted by molar-refractivity contribution is 5.93. The lowest BCUT2D eigenvalue weighted by Gasteiger charge is -2.18. The molecule has 0 spiro atoms. The molecule has 4 rings (SSSR count).